The molecule has 1 aromatic heterocycles. The predicted octanol–water partition coefficient (Wildman–Crippen LogP) is 5.12. The van der Waals surface area contributed by atoms with Gasteiger partial charge in [-0.2, -0.15) is 5.26 Å². The third kappa shape index (κ3) is 4.44. The van der Waals surface area contributed by atoms with Crippen LogP contribution in [0.25, 0.3) is 0 Å². The molecule has 4 nitrogen and oxygen atoms in total. The van der Waals surface area contributed by atoms with E-state index in [1.807, 2.05) is 39.0 Å². The van der Waals surface area contributed by atoms with Gasteiger partial charge in [-0.3, -0.25) is 4.79 Å². The van der Waals surface area contributed by atoms with Crippen molar-refractivity contribution in [1.82, 2.24) is 4.98 Å². The zero-order chi connectivity index (χ0) is 19.3. The van der Waals surface area contributed by atoms with Crippen LogP contribution in [-0.2, 0) is 4.79 Å². The van der Waals surface area contributed by atoms with Gasteiger partial charge in [0.1, 0.15) is 11.1 Å². The molecule has 5 heteroatoms. The van der Waals surface area contributed by atoms with Gasteiger partial charge in [-0.25, -0.2) is 4.98 Å². The van der Waals surface area contributed by atoms with Crippen LogP contribution in [0.15, 0.2) is 29.3 Å². The molecule has 1 atom stereocenters. The van der Waals surface area contributed by atoms with Gasteiger partial charge in [0.25, 0.3) is 0 Å². The number of hydrogen-bond donors (Lipinski definition) is 1. The van der Waals surface area contributed by atoms with Crippen molar-refractivity contribution in [3.05, 3.63) is 52.2 Å². The van der Waals surface area contributed by atoms with Crippen molar-refractivity contribution in [2.24, 2.45) is 0 Å². The number of aryl methyl sites for hydroxylation is 1. The van der Waals surface area contributed by atoms with Gasteiger partial charge >= 0.3 is 0 Å². The number of aromatic nitrogens is 1. The molecule has 136 valence electrons. The molecule has 0 saturated heterocycles. The smallest absolute Gasteiger partial charge is 0.234 e. The summed E-state index contributed by atoms with van der Waals surface area (Å²) < 4.78 is 0. The molecule has 0 saturated carbocycles. The number of rotatable bonds is 6. The van der Waals surface area contributed by atoms with E-state index in [0.29, 0.717) is 16.5 Å². The second-order valence-electron chi connectivity index (χ2n) is 6.47. The van der Waals surface area contributed by atoms with E-state index in [2.05, 4.69) is 36.3 Å². The standard InChI is InChI=1S/C21H25N3OS/c1-6-13(2)17-9-7-8-10-19(17)24-20(25)12-26-21-18(11-22)15(4)14(3)16(5)23-21/h7-10,13H,6,12H2,1-5H3,(H,24,25)/t13-/m0/s1. The van der Waals surface area contributed by atoms with E-state index in [4.69, 9.17) is 0 Å². The Labute approximate surface area is 160 Å². The molecule has 26 heavy (non-hydrogen) atoms. The molecule has 0 aliphatic carbocycles. The summed E-state index contributed by atoms with van der Waals surface area (Å²) in [5, 5.41) is 13.1. The Balaban J connectivity index is 2.13. The average Bonchev–Trinajstić information content (AvgIpc) is 2.64. The summed E-state index contributed by atoms with van der Waals surface area (Å²) in [6, 6.07) is 10.1. The fourth-order valence-corrected chi connectivity index (χ4v) is 3.61. The van der Waals surface area contributed by atoms with Crippen LogP contribution in [0.1, 0.15) is 54.1 Å². The average molecular weight is 368 g/mol. The van der Waals surface area contributed by atoms with E-state index in [1.54, 1.807) is 0 Å². The largest absolute Gasteiger partial charge is 0.325 e. The normalized spacial score (nSPS) is 11.7. The predicted molar refractivity (Wildman–Crippen MR) is 108 cm³/mol. The van der Waals surface area contributed by atoms with E-state index >= 15 is 0 Å². The first-order valence-corrected chi connectivity index (χ1v) is 9.77. The first-order valence-electron chi connectivity index (χ1n) is 8.78. The lowest BCUT2D eigenvalue weighted by Crippen LogP contribution is -2.16. The molecule has 0 fully saturated rings. The van der Waals surface area contributed by atoms with Gasteiger partial charge in [-0.1, -0.05) is 43.8 Å². The molecular weight excluding hydrogens is 342 g/mol. The maximum absolute atomic E-state index is 12.4. The lowest BCUT2D eigenvalue weighted by Gasteiger charge is -2.16. The monoisotopic (exact) mass is 367 g/mol. The number of thioether (sulfide) groups is 1. The Morgan fingerprint density at radius 1 is 1.27 bits per heavy atom. The van der Waals surface area contributed by atoms with Crippen molar-refractivity contribution in [2.75, 3.05) is 11.1 Å². The highest BCUT2D eigenvalue weighted by Gasteiger charge is 2.15. The molecule has 0 unspecified atom stereocenters. The Morgan fingerprint density at radius 2 is 1.96 bits per heavy atom. The fourth-order valence-electron chi connectivity index (χ4n) is 2.73. The molecular formula is C21H25N3OS. The third-order valence-corrected chi connectivity index (χ3v) is 5.77. The van der Waals surface area contributed by atoms with Crippen LogP contribution < -0.4 is 5.32 Å². The number of hydrogen-bond acceptors (Lipinski definition) is 4. The zero-order valence-corrected chi connectivity index (χ0v) is 16.8. The minimum atomic E-state index is -0.0904. The number of nitriles is 1. The van der Waals surface area contributed by atoms with Crippen LogP contribution in [0.5, 0.6) is 0 Å². The number of nitrogens with zero attached hydrogens (tertiary/aromatic N) is 2. The summed E-state index contributed by atoms with van der Waals surface area (Å²) in [6.07, 6.45) is 1.01. The number of nitrogens with one attached hydrogen (secondary N) is 1. The van der Waals surface area contributed by atoms with Crippen LogP contribution in [0.4, 0.5) is 5.69 Å². The van der Waals surface area contributed by atoms with Gasteiger partial charge in [-0.15, -0.1) is 0 Å². The SMILES string of the molecule is CC[C@H](C)c1ccccc1NC(=O)CSc1nc(C)c(C)c(C)c1C#N. The number of para-hydroxylation sites is 1. The van der Waals surface area contributed by atoms with E-state index in [-0.39, 0.29) is 11.7 Å². The molecule has 1 aromatic carbocycles. The Hall–Kier alpha value is -2.32. The maximum Gasteiger partial charge on any atom is 0.234 e. The van der Waals surface area contributed by atoms with E-state index in [0.717, 1.165) is 34.5 Å². The van der Waals surface area contributed by atoms with E-state index in [1.165, 1.54) is 11.8 Å². The second kappa shape index (κ2) is 8.86. The molecule has 2 aromatic rings. The highest BCUT2D eigenvalue weighted by molar-refractivity contribution is 8.00. The van der Waals surface area contributed by atoms with Crippen LogP contribution in [0.3, 0.4) is 0 Å². The molecule has 1 amide bonds. The second-order valence-corrected chi connectivity index (χ2v) is 7.44. The summed E-state index contributed by atoms with van der Waals surface area (Å²) in [6.45, 7) is 10.1. The first-order chi connectivity index (χ1) is 12.4. The van der Waals surface area contributed by atoms with Crippen molar-refractivity contribution in [3.8, 4) is 6.07 Å². The van der Waals surface area contributed by atoms with Crippen LogP contribution >= 0.6 is 11.8 Å². The number of anilines is 1. The van der Waals surface area contributed by atoms with Crippen molar-refractivity contribution >= 4 is 23.4 Å². The van der Waals surface area contributed by atoms with Crippen LogP contribution in [0.2, 0.25) is 0 Å². The van der Waals surface area contributed by atoms with Crippen LogP contribution in [-0.4, -0.2) is 16.6 Å². The summed E-state index contributed by atoms with van der Waals surface area (Å²) in [7, 11) is 0. The summed E-state index contributed by atoms with van der Waals surface area (Å²) in [5.41, 5.74) is 5.42. The molecule has 1 N–H and O–H groups in total. The number of carbonyl (C=O) groups excluding carboxylic acids is 1. The number of pyridine rings is 1. The fraction of sp³-hybridized carbons (Fsp3) is 0.381. The summed E-state index contributed by atoms with van der Waals surface area (Å²) >= 11 is 1.31. The number of benzene rings is 1. The summed E-state index contributed by atoms with van der Waals surface area (Å²) in [4.78, 5) is 16.9. The van der Waals surface area contributed by atoms with Crippen molar-refractivity contribution in [3.63, 3.8) is 0 Å². The Morgan fingerprint density at radius 3 is 2.62 bits per heavy atom. The molecule has 0 aliphatic rings. The van der Waals surface area contributed by atoms with Gasteiger partial charge in [0.05, 0.1) is 11.3 Å². The molecule has 2 rings (SSSR count). The Bertz CT molecular complexity index is 855. The van der Waals surface area contributed by atoms with Gasteiger partial charge in [0.2, 0.25) is 5.91 Å². The quantitative estimate of drug-likeness (QED) is 0.719. The van der Waals surface area contributed by atoms with Crippen molar-refractivity contribution < 1.29 is 4.79 Å². The third-order valence-electron chi connectivity index (χ3n) is 4.79. The molecule has 0 radical (unpaired) electrons. The first kappa shape index (κ1) is 20.0. The van der Waals surface area contributed by atoms with Gasteiger partial charge < -0.3 is 5.32 Å². The topological polar surface area (TPSA) is 65.8 Å². The molecule has 0 aliphatic heterocycles. The van der Waals surface area contributed by atoms with E-state index in [9.17, 15) is 10.1 Å². The van der Waals surface area contributed by atoms with Crippen molar-refractivity contribution in [1.29, 1.82) is 5.26 Å². The summed E-state index contributed by atoms with van der Waals surface area (Å²) in [5.74, 6) is 0.513. The highest BCUT2D eigenvalue weighted by atomic mass is 32.2. The van der Waals surface area contributed by atoms with Crippen molar-refractivity contribution in [2.45, 2.75) is 52.0 Å². The molecule has 1 heterocycles. The zero-order valence-electron chi connectivity index (χ0n) is 16.0. The maximum atomic E-state index is 12.4. The lowest BCUT2D eigenvalue weighted by atomic mass is 9.97. The molecule has 0 spiro atoms. The lowest BCUT2D eigenvalue weighted by molar-refractivity contribution is -0.113. The number of amides is 1. The minimum absolute atomic E-state index is 0.0904. The Kier molecular flexibility index (Phi) is 6.82. The van der Waals surface area contributed by atoms with Gasteiger partial charge in [0.15, 0.2) is 0 Å². The minimum Gasteiger partial charge on any atom is -0.325 e. The van der Waals surface area contributed by atoms with Gasteiger partial charge in [-0.05, 0) is 55.9 Å². The van der Waals surface area contributed by atoms with Crippen LogP contribution in [0, 0.1) is 32.1 Å². The highest BCUT2D eigenvalue weighted by Crippen LogP contribution is 2.28. The van der Waals surface area contributed by atoms with E-state index < -0.39 is 0 Å². The molecule has 0 bridgehead atoms. The number of carbonyl (C=O) groups is 1. The van der Waals surface area contributed by atoms with Gasteiger partial charge in [0, 0.05) is 11.4 Å².